The van der Waals surface area contributed by atoms with Crippen molar-refractivity contribution in [1.82, 2.24) is 5.32 Å². The van der Waals surface area contributed by atoms with E-state index in [0.29, 0.717) is 17.4 Å². The summed E-state index contributed by atoms with van der Waals surface area (Å²) in [4.78, 5) is 23.2. The number of nitrogens with one attached hydrogen (secondary N) is 1. The van der Waals surface area contributed by atoms with Crippen molar-refractivity contribution < 1.29 is 32.9 Å². The first-order chi connectivity index (χ1) is 32.5. The molecule has 0 bridgehead atoms. The second kappa shape index (κ2) is 49.2. The van der Waals surface area contributed by atoms with Gasteiger partial charge in [-0.05, 0) is 57.8 Å². The molecular formula is C58H110N2O6P+. The lowest BCUT2D eigenvalue weighted by Gasteiger charge is -2.25. The van der Waals surface area contributed by atoms with Gasteiger partial charge in [0.15, 0.2) is 0 Å². The van der Waals surface area contributed by atoms with E-state index in [1.807, 2.05) is 27.2 Å². The molecule has 0 heterocycles. The van der Waals surface area contributed by atoms with Crippen LogP contribution in [-0.2, 0) is 18.4 Å². The largest absolute Gasteiger partial charge is 0.472 e. The Kier molecular flexibility index (Phi) is 47.9. The van der Waals surface area contributed by atoms with Crippen molar-refractivity contribution in [3.05, 3.63) is 60.8 Å². The lowest BCUT2D eigenvalue weighted by Crippen LogP contribution is -2.45. The molecule has 0 aromatic rings. The second-order valence-corrected chi connectivity index (χ2v) is 21.7. The standard InChI is InChI=1S/C58H109N2O6P/c1-6-8-10-12-14-16-18-20-22-24-25-26-27-28-29-30-31-32-33-34-36-37-39-41-43-45-47-49-51-57(61)56(55-66-67(63,64)65-54-53-60(3,4)5)59-58(62)52-50-48-46-44-42-40-38-35-23-21-19-17-15-13-11-9-7-2/h9,11,15,17,21,23,38,40,49,51,56-57,61H,6-8,10,12-14,16,18-20,22,24-37,39,41-48,50,52-55H2,1-5H3,(H-,59,62,63,64)/p+1/b11-9-,17-15-,23-21-,40-38-,51-49+. The molecule has 1 amide bonds. The Morgan fingerprint density at radius 1 is 0.522 bits per heavy atom. The number of phosphoric acid groups is 1. The molecule has 3 unspecified atom stereocenters. The molecule has 3 N–H and O–H groups in total. The number of rotatable bonds is 51. The Hall–Kier alpha value is -1.80. The fourth-order valence-electron chi connectivity index (χ4n) is 8.09. The van der Waals surface area contributed by atoms with E-state index in [2.05, 4.69) is 67.8 Å². The van der Waals surface area contributed by atoms with Crippen LogP contribution in [0.15, 0.2) is 60.8 Å². The summed E-state index contributed by atoms with van der Waals surface area (Å²) in [7, 11) is 1.55. The fraction of sp³-hybridized carbons (Fsp3) is 0.810. The number of carbonyl (C=O) groups is 1. The number of quaternary nitrogens is 1. The molecule has 8 nitrogen and oxygen atoms in total. The van der Waals surface area contributed by atoms with E-state index in [1.165, 1.54) is 154 Å². The molecule has 9 heteroatoms. The summed E-state index contributed by atoms with van der Waals surface area (Å²) in [6.07, 6.45) is 66.1. The van der Waals surface area contributed by atoms with Gasteiger partial charge in [0, 0.05) is 6.42 Å². The highest BCUT2D eigenvalue weighted by Gasteiger charge is 2.27. The van der Waals surface area contributed by atoms with E-state index in [-0.39, 0.29) is 19.1 Å². The third kappa shape index (κ3) is 51.9. The van der Waals surface area contributed by atoms with Gasteiger partial charge in [-0.2, -0.15) is 0 Å². The van der Waals surface area contributed by atoms with Gasteiger partial charge in [-0.3, -0.25) is 13.8 Å². The van der Waals surface area contributed by atoms with Crippen LogP contribution in [0.3, 0.4) is 0 Å². The predicted octanol–water partition coefficient (Wildman–Crippen LogP) is 16.9. The van der Waals surface area contributed by atoms with Gasteiger partial charge in [-0.15, -0.1) is 0 Å². The summed E-state index contributed by atoms with van der Waals surface area (Å²) in [5, 5.41) is 13.9. The van der Waals surface area contributed by atoms with E-state index < -0.39 is 20.0 Å². The number of phosphoric ester groups is 1. The number of carbonyl (C=O) groups excluding carboxylic acids is 1. The van der Waals surface area contributed by atoms with Gasteiger partial charge in [0.05, 0.1) is 39.9 Å². The van der Waals surface area contributed by atoms with Crippen molar-refractivity contribution in [1.29, 1.82) is 0 Å². The average Bonchev–Trinajstić information content (AvgIpc) is 3.29. The highest BCUT2D eigenvalue weighted by atomic mass is 31.2. The van der Waals surface area contributed by atoms with Gasteiger partial charge in [0.2, 0.25) is 5.91 Å². The summed E-state index contributed by atoms with van der Waals surface area (Å²) in [5.74, 6) is -0.200. The SMILES string of the molecule is CC/C=C\C/C=C\C/C=C\C/C=C\CCCCCCC(=O)NC(COP(=O)(O)OCC[N+](C)(C)C)C(O)/C=C/CCCCCCCCCCCCCCCCCCCCCCCCCCCC. The smallest absolute Gasteiger partial charge is 0.387 e. The van der Waals surface area contributed by atoms with Gasteiger partial charge >= 0.3 is 7.82 Å². The van der Waals surface area contributed by atoms with Crippen molar-refractivity contribution in [2.75, 3.05) is 40.9 Å². The van der Waals surface area contributed by atoms with Crippen molar-refractivity contribution in [2.45, 2.75) is 264 Å². The number of aliphatic hydroxyl groups is 1. The van der Waals surface area contributed by atoms with Crippen molar-refractivity contribution in [3.8, 4) is 0 Å². The van der Waals surface area contributed by atoms with Crippen LogP contribution >= 0.6 is 7.82 Å². The molecule has 0 aromatic heterocycles. The minimum Gasteiger partial charge on any atom is -0.387 e. The maximum Gasteiger partial charge on any atom is 0.472 e. The highest BCUT2D eigenvalue weighted by Crippen LogP contribution is 2.43. The maximum absolute atomic E-state index is 12.9. The molecule has 0 saturated heterocycles. The zero-order valence-electron chi connectivity index (χ0n) is 44.6. The second-order valence-electron chi connectivity index (χ2n) is 20.3. The number of likely N-dealkylation sites (N-methyl/N-ethyl adjacent to an activating group) is 1. The normalized spacial score (nSPS) is 14.4. The summed E-state index contributed by atoms with van der Waals surface area (Å²) in [6.45, 7) is 4.70. The lowest BCUT2D eigenvalue weighted by atomic mass is 10.0. The Labute approximate surface area is 415 Å². The Bertz CT molecular complexity index is 1270. The first kappa shape index (κ1) is 65.2. The lowest BCUT2D eigenvalue weighted by molar-refractivity contribution is -0.870. The molecule has 3 atom stereocenters. The number of allylic oxidation sites excluding steroid dienone is 9. The number of aliphatic hydroxyl groups excluding tert-OH is 1. The van der Waals surface area contributed by atoms with Crippen LogP contribution in [0.4, 0.5) is 0 Å². The number of unbranched alkanes of at least 4 members (excludes halogenated alkanes) is 30. The van der Waals surface area contributed by atoms with Crippen LogP contribution in [-0.4, -0.2) is 73.4 Å². The molecule has 0 saturated carbocycles. The first-order valence-electron chi connectivity index (χ1n) is 28.2. The number of hydrogen-bond acceptors (Lipinski definition) is 5. The molecule has 392 valence electrons. The van der Waals surface area contributed by atoms with E-state index >= 15 is 0 Å². The van der Waals surface area contributed by atoms with E-state index in [0.717, 1.165) is 77.0 Å². The van der Waals surface area contributed by atoms with Crippen LogP contribution in [0.25, 0.3) is 0 Å². The summed E-state index contributed by atoms with van der Waals surface area (Å²) >= 11 is 0. The van der Waals surface area contributed by atoms with Crippen LogP contribution in [0.5, 0.6) is 0 Å². The van der Waals surface area contributed by atoms with Crippen LogP contribution in [0, 0.1) is 0 Å². The van der Waals surface area contributed by atoms with E-state index in [9.17, 15) is 19.4 Å². The third-order valence-electron chi connectivity index (χ3n) is 12.5. The Morgan fingerprint density at radius 2 is 0.896 bits per heavy atom. The summed E-state index contributed by atoms with van der Waals surface area (Å²) < 4.78 is 23.7. The first-order valence-corrected chi connectivity index (χ1v) is 29.7. The summed E-state index contributed by atoms with van der Waals surface area (Å²) in [5.41, 5.74) is 0. The quantitative estimate of drug-likeness (QED) is 0.0243. The van der Waals surface area contributed by atoms with Gasteiger partial charge in [-0.25, -0.2) is 4.57 Å². The molecule has 67 heavy (non-hydrogen) atoms. The molecule has 0 radical (unpaired) electrons. The maximum atomic E-state index is 12.9. The molecule has 0 aliphatic rings. The number of nitrogens with zero attached hydrogens (tertiary/aromatic N) is 1. The molecule has 0 spiro atoms. The zero-order valence-corrected chi connectivity index (χ0v) is 45.5. The molecule has 0 aliphatic carbocycles. The van der Waals surface area contributed by atoms with Crippen molar-refractivity contribution in [3.63, 3.8) is 0 Å². The van der Waals surface area contributed by atoms with Crippen LogP contribution in [0.2, 0.25) is 0 Å². The van der Waals surface area contributed by atoms with Crippen molar-refractivity contribution in [2.24, 2.45) is 0 Å². The van der Waals surface area contributed by atoms with Gasteiger partial charge in [0.25, 0.3) is 0 Å². The fourth-order valence-corrected chi connectivity index (χ4v) is 8.83. The number of amides is 1. The van der Waals surface area contributed by atoms with Gasteiger partial charge < -0.3 is 19.8 Å². The Balaban J connectivity index is 4.21. The molecule has 0 fully saturated rings. The molecule has 0 aromatic carbocycles. The molecular weight excluding hydrogens is 852 g/mol. The third-order valence-corrected chi connectivity index (χ3v) is 13.5. The monoisotopic (exact) mass is 962 g/mol. The van der Waals surface area contributed by atoms with Gasteiger partial charge in [-0.1, -0.05) is 248 Å². The van der Waals surface area contributed by atoms with Gasteiger partial charge in [0.1, 0.15) is 13.2 Å². The zero-order chi connectivity index (χ0) is 49.2. The molecule has 0 rings (SSSR count). The average molecular weight is 962 g/mol. The topological polar surface area (TPSA) is 105 Å². The number of hydrogen-bond donors (Lipinski definition) is 3. The van der Waals surface area contributed by atoms with Crippen molar-refractivity contribution >= 4 is 13.7 Å². The van der Waals surface area contributed by atoms with Crippen LogP contribution in [0.1, 0.15) is 251 Å². The minimum atomic E-state index is -4.36. The Morgan fingerprint density at radius 3 is 1.31 bits per heavy atom. The minimum absolute atomic E-state index is 0.0542. The van der Waals surface area contributed by atoms with Crippen LogP contribution < -0.4 is 5.32 Å². The highest BCUT2D eigenvalue weighted by molar-refractivity contribution is 7.47. The van der Waals surface area contributed by atoms with E-state index in [1.54, 1.807) is 6.08 Å². The van der Waals surface area contributed by atoms with E-state index in [4.69, 9.17) is 9.05 Å². The molecule has 0 aliphatic heterocycles. The predicted molar refractivity (Wildman–Crippen MR) is 290 cm³/mol. The summed E-state index contributed by atoms with van der Waals surface area (Å²) in [6, 6.07) is -0.863.